The second kappa shape index (κ2) is 9.41. The highest BCUT2D eigenvalue weighted by molar-refractivity contribution is 8.16. The Balaban J connectivity index is 1.59. The van der Waals surface area contributed by atoms with Crippen LogP contribution in [0, 0.1) is 5.41 Å². The largest absolute Gasteiger partial charge is 0.493 e. The number of methoxy groups -OCH3 is 1. The molecule has 2 aliphatic rings. The van der Waals surface area contributed by atoms with E-state index in [2.05, 4.69) is 9.39 Å². The number of fused-ring (bicyclic) bond motifs is 1. The van der Waals surface area contributed by atoms with Crippen LogP contribution in [0.25, 0.3) is 6.08 Å². The fourth-order valence-corrected chi connectivity index (χ4v) is 5.25. The molecule has 2 aromatic rings. The summed E-state index contributed by atoms with van der Waals surface area (Å²) in [6.45, 7) is 0.217. The van der Waals surface area contributed by atoms with Gasteiger partial charge < -0.3 is 9.47 Å². The lowest BCUT2D eigenvalue weighted by atomic mass is 10.1. The number of benzene rings is 2. The fraction of sp³-hybridized carbons (Fsp3) is 0.143. The Hall–Kier alpha value is -2.86. The van der Waals surface area contributed by atoms with Gasteiger partial charge in [0, 0.05) is 6.26 Å². The molecule has 0 saturated carbocycles. The van der Waals surface area contributed by atoms with Crippen LogP contribution in [-0.4, -0.2) is 48.8 Å². The average Bonchev–Trinajstić information content (AvgIpc) is 3.22. The molecule has 0 radical (unpaired) electrons. The van der Waals surface area contributed by atoms with Crippen LogP contribution in [0.3, 0.4) is 0 Å². The van der Waals surface area contributed by atoms with Crippen molar-refractivity contribution in [1.82, 2.24) is 4.90 Å². The maximum Gasteiger partial charge on any atom is 0.283 e. The number of amidine groups is 3. The van der Waals surface area contributed by atoms with E-state index < -0.39 is 15.7 Å². The number of nitrogens with zero attached hydrogens (tertiary/aromatic N) is 3. The van der Waals surface area contributed by atoms with Crippen LogP contribution in [0.15, 0.2) is 51.4 Å². The summed E-state index contributed by atoms with van der Waals surface area (Å²) < 4.78 is 39.1. The van der Waals surface area contributed by atoms with Gasteiger partial charge in [-0.2, -0.15) is 9.39 Å². The summed E-state index contributed by atoms with van der Waals surface area (Å²) in [4.78, 5) is 17.4. The summed E-state index contributed by atoms with van der Waals surface area (Å²) in [7, 11) is -2.26. The minimum absolute atomic E-state index is 0.0243. The van der Waals surface area contributed by atoms with Crippen molar-refractivity contribution >= 4 is 73.1 Å². The molecule has 0 unspecified atom stereocenters. The minimum Gasteiger partial charge on any atom is -0.493 e. The van der Waals surface area contributed by atoms with Crippen molar-refractivity contribution < 1.29 is 22.7 Å². The summed E-state index contributed by atoms with van der Waals surface area (Å²) in [6.07, 6.45) is 2.41. The lowest BCUT2D eigenvalue weighted by molar-refractivity contribution is -0.114. The fourth-order valence-electron chi connectivity index (χ4n) is 3.09. The van der Waals surface area contributed by atoms with Crippen molar-refractivity contribution in [3.8, 4) is 11.5 Å². The van der Waals surface area contributed by atoms with Gasteiger partial charge in [0.2, 0.25) is 20.2 Å². The van der Waals surface area contributed by atoms with Crippen LogP contribution in [-0.2, 0) is 21.2 Å². The number of carbonyl (C=O) groups excluding carboxylic acids is 1. The number of carbonyl (C=O) groups is 1. The van der Waals surface area contributed by atoms with E-state index in [1.54, 1.807) is 36.4 Å². The van der Waals surface area contributed by atoms with Crippen LogP contribution >= 0.6 is 35.1 Å². The molecule has 1 amide bonds. The Morgan fingerprint density at radius 3 is 2.59 bits per heavy atom. The van der Waals surface area contributed by atoms with Crippen LogP contribution in [0.4, 0.5) is 0 Å². The van der Waals surface area contributed by atoms with Crippen LogP contribution in [0.2, 0.25) is 10.0 Å². The van der Waals surface area contributed by atoms with Crippen molar-refractivity contribution in [2.24, 2.45) is 9.39 Å². The number of hydrogen-bond donors (Lipinski definition) is 1. The van der Waals surface area contributed by atoms with Crippen molar-refractivity contribution in [2.75, 3.05) is 13.4 Å². The number of amides is 1. The first-order valence-electron chi connectivity index (χ1n) is 9.52. The monoisotopic (exact) mass is 538 g/mol. The van der Waals surface area contributed by atoms with E-state index >= 15 is 0 Å². The van der Waals surface area contributed by atoms with Crippen LogP contribution in [0.1, 0.15) is 11.1 Å². The van der Waals surface area contributed by atoms with E-state index in [4.69, 9.17) is 38.1 Å². The molecule has 0 aliphatic carbocycles. The number of halogens is 2. The average molecular weight is 539 g/mol. The minimum atomic E-state index is -3.73. The molecule has 2 heterocycles. The molecule has 1 N–H and O–H groups in total. The van der Waals surface area contributed by atoms with Crippen LogP contribution < -0.4 is 9.47 Å². The molecule has 0 atom stereocenters. The Kier molecular flexibility index (Phi) is 6.72. The Morgan fingerprint density at radius 1 is 1.15 bits per heavy atom. The zero-order chi connectivity index (χ0) is 24.6. The second-order valence-corrected chi connectivity index (χ2v) is 10.6. The number of ether oxygens (including phenoxy) is 2. The summed E-state index contributed by atoms with van der Waals surface area (Å²) in [6, 6.07) is 10.1. The third-order valence-corrected chi connectivity index (χ3v) is 7.20. The Bertz CT molecular complexity index is 1420. The van der Waals surface area contributed by atoms with Crippen molar-refractivity contribution in [2.45, 2.75) is 6.61 Å². The van der Waals surface area contributed by atoms with Crippen molar-refractivity contribution in [3.63, 3.8) is 0 Å². The van der Waals surface area contributed by atoms with Gasteiger partial charge in [-0.1, -0.05) is 35.3 Å². The van der Waals surface area contributed by atoms with Gasteiger partial charge in [0.25, 0.3) is 5.91 Å². The zero-order valence-corrected chi connectivity index (χ0v) is 20.8. The molecule has 2 aliphatic heterocycles. The first kappa shape index (κ1) is 24.3. The van der Waals surface area contributed by atoms with Gasteiger partial charge in [0.05, 0.1) is 34.7 Å². The van der Waals surface area contributed by atoms with Gasteiger partial charge in [0.1, 0.15) is 12.4 Å². The Labute approximate surface area is 209 Å². The lowest BCUT2D eigenvalue weighted by Gasteiger charge is -2.23. The van der Waals surface area contributed by atoms with Gasteiger partial charge in [-0.3, -0.25) is 10.2 Å². The summed E-state index contributed by atoms with van der Waals surface area (Å²) in [5, 5.41) is 8.96. The van der Waals surface area contributed by atoms with Gasteiger partial charge in [0.15, 0.2) is 11.5 Å². The zero-order valence-electron chi connectivity index (χ0n) is 17.7. The smallest absolute Gasteiger partial charge is 0.283 e. The SMILES string of the molecule is COc1cc(/C=C2/C(=N)N3C(=NC2=O)SN=C3S(C)(=O)=O)ccc1OCc1ccc(Cl)c(Cl)c1. The molecule has 0 saturated heterocycles. The molecule has 34 heavy (non-hydrogen) atoms. The summed E-state index contributed by atoms with van der Waals surface area (Å²) in [5.41, 5.74) is 1.24. The molecule has 9 nitrogen and oxygen atoms in total. The predicted molar refractivity (Wildman–Crippen MR) is 134 cm³/mol. The molecule has 2 aromatic carbocycles. The molecule has 0 spiro atoms. The molecule has 0 bridgehead atoms. The van der Waals surface area contributed by atoms with E-state index in [-0.39, 0.29) is 28.4 Å². The van der Waals surface area contributed by atoms with E-state index in [0.717, 1.165) is 28.7 Å². The molecule has 0 aromatic heterocycles. The molecule has 176 valence electrons. The van der Waals surface area contributed by atoms with E-state index in [9.17, 15) is 13.2 Å². The first-order chi connectivity index (χ1) is 16.1. The van der Waals surface area contributed by atoms with E-state index in [1.165, 1.54) is 13.2 Å². The normalized spacial score (nSPS) is 16.9. The van der Waals surface area contributed by atoms with E-state index in [1.807, 2.05) is 0 Å². The predicted octanol–water partition coefficient (Wildman–Crippen LogP) is 4.20. The number of sulfone groups is 1. The van der Waals surface area contributed by atoms with Crippen molar-refractivity contribution in [3.05, 3.63) is 63.1 Å². The number of nitrogens with one attached hydrogen (secondary N) is 1. The van der Waals surface area contributed by atoms with Crippen LogP contribution in [0.5, 0.6) is 11.5 Å². The molecule has 4 rings (SSSR count). The highest BCUT2D eigenvalue weighted by Crippen LogP contribution is 2.33. The van der Waals surface area contributed by atoms with Gasteiger partial charge in [-0.05, 0) is 41.5 Å². The maximum absolute atomic E-state index is 12.5. The molecular weight excluding hydrogens is 523 g/mol. The Morgan fingerprint density at radius 2 is 1.91 bits per heavy atom. The molecule has 0 fully saturated rings. The van der Waals surface area contributed by atoms with Gasteiger partial charge in [-0.15, -0.1) is 0 Å². The van der Waals surface area contributed by atoms with Gasteiger partial charge >= 0.3 is 0 Å². The number of rotatable bonds is 5. The quantitative estimate of drug-likeness (QED) is 0.447. The number of hydrogen-bond acceptors (Lipinski definition) is 8. The highest BCUT2D eigenvalue weighted by atomic mass is 35.5. The third-order valence-electron chi connectivity index (χ3n) is 4.70. The van der Waals surface area contributed by atoms with Gasteiger partial charge in [-0.25, -0.2) is 13.3 Å². The summed E-state index contributed by atoms with van der Waals surface area (Å²) >= 11 is 12.7. The molecular formula is C21H16Cl2N4O5S2. The third kappa shape index (κ3) is 4.83. The topological polar surface area (TPSA) is 121 Å². The highest BCUT2D eigenvalue weighted by Gasteiger charge is 2.41. The van der Waals surface area contributed by atoms with E-state index in [0.29, 0.717) is 27.1 Å². The molecule has 13 heteroatoms. The lowest BCUT2D eigenvalue weighted by Crippen LogP contribution is -2.45. The first-order valence-corrected chi connectivity index (χ1v) is 12.9. The number of aliphatic imine (C=N–C) groups is 1. The summed E-state index contributed by atoms with van der Waals surface area (Å²) in [5.74, 6) is -0.164. The second-order valence-electron chi connectivity index (χ2n) is 7.13. The maximum atomic E-state index is 12.5. The van der Waals surface area contributed by atoms with Crippen molar-refractivity contribution in [1.29, 1.82) is 5.41 Å². The standard InChI is InChI=1S/C21H16Cl2N4O5S2/c1-31-17-9-11(4-6-16(17)32-10-12-3-5-14(22)15(23)8-12)7-13-18(24)27-20(25-19(13)28)33-26-21(27)34(2,29)30/h3-9,24H,10H2,1-2H3/b13-7-,24-18?.